The standard InChI is InChI=1S/C29H34O8S/c1-32-29-28(37-38(2,30)31)27(35-20-24-16-10-5-11-17-24)26(34-19-23-14-8-4-9-15-23)25(36-29)21-33-18-22-12-6-3-7-13-22/h3-17,25-29H,18-21H2,1-2H3/t25-,26-,27+,28+,29-/m1/s1. The zero-order valence-corrected chi connectivity index (χ0v) is 22.4. The molecule has 0 aliphatic carbocycles. The average molecular weight is 543 g/mol. The third-order valence-corrected chi connectivity index (χ3v) is 6.65. The van der Waals surface area contributed by atoms with Gasteiger partial charge in [-0.15, -0.1) is 0 Å². The van der Waals surface area contributed by atoms with Gasteiger partial charge in [0.15, 0.2) is 12.4 Å². The molecular formula is C29H34O8S. The molecule has 0 radical (unpaired) electrons. The molecule has 0 amide bonds. The first-order valence-corrected chi connectivity index (χ1v) is 14.2. The van der Waals surface area contributed by atoms with Crippen molar-refractivity contribution in [3.63, 3.8) is 0 Å². The monoisotopic (exact) mass is 542 g/mol. The minimum absolute atomic E-state index is 0.172. The molecule has 3 aromatic rings. The molecule has 38 heavy (non-hydrogen) atoms. The minimum atomic E-state index is -3.87. The lowest BCUT2D eigenvalue weighted by Crippen LogP contribution is -2.62. The summed E-state index contributed by atoms with van der Waals surface area (Å²) in [5.74, 6) is 0. The van der Waals surface area contributed by atoms with Crippen LogP contribution >= 0.6 is 0 Å². The van der Waals surface area contributed by atoms with Gasteiger partial charge in [0.05, 0.1) is 32.7 Å². The van der Waals surface area contributed by atoms with Gasteiger partial charge in [-0.1, -0.05) is 91.0 Å². The summed E-state index contributed by atoms with van der Waals surface area (Å²) in [7, 11) is -2.44. The molecule has 0 spiro atoms. The first kappa shape index (κ1) is 28.4. The molecule has 0 saturated carbocycles. The zero-order valence-electron chi connectivity index (χ0n) is 21.5. The van der Waals surface area contributed by atoms with Crippen molar-refractivity contribution in [2.45, 2.75) is 50.5 Å². The highest BCUT2D eigenvalue weighted by Gasteiger charge is 2.50. The predicted molar refractivity (Wildman–Crippen MR) is 142 cm³/mol. The fourth-order valence-corrected chi connectivity index (χ4v) is 4.90. The number of ether oxygens (including phenoxy) is 5. The van der Waals surface area contributed by atoms with Crippen molar-refractivity contribution in [3.05, 3.63) is 108 Å². The van der Waals surface area contributed by atoms with Gasteiger partial charge < -0.3 is 23.7 Å². The fourth-order valence-electron chi connectivity index (χ4n) is 4.30. The summed E-state index contributed by atoms with van der Waals surface area (Å²) in [6, 6.07) is 29.1. The van der Waals surface area contributed by atoms with E-state index in [9.17, 15) is 8.42 Å². The normalized spacial score (nSPS) is 23.8. The Labute approximate surface area is 224 Å². The van der Waals surface area contributed by atoms with Crippen LogP contribution in [0.25, 0.3) is 0 Å². The highest BCUT2D eigenvalue weighted by Crippen LogP contribution is 2.31. The van der Waals surface area contributed by atoms with Crippen molar-refractivity contribution in [2.75, 3.05) is 20.0 Å². The van der Waals surface area contributed by atoms with Crippen LogP contribution in [0.5, 0.6) is 0 Å². The van der Waals surface area contributed by atoms with Crippen LogP contribution in [-0.2, 0) is 57.8 Å². The lowest BCUT2D eigenvalue weighted by molar-refractivity contribution is -0.307. The van der Waals surface area contributed by atoms with Crippen molar-refractivity contribution in [2.24, 2.45) is 0 Å². The Morgan fingerprint density at radius 1 is 0.684 bits per heavy atom. The van der Waals surface area contributed by atoms with E-state index in [1.54, 1.807) is 0 Å². The number of hydrogen-bond acceptors (Lipinski definition) is 8. The third-order valence-electron chi connectivity index (χ3n) is 6.07. The van der Waals surface area contributed by atoms with Crippen LogP contribution in [0.4, 0.5) is 0 Å². The Kier molecular flexibility index (Phi) is 10.4. The number of benzene rings is 3. The largest absolute Gasteiger partial charge is 0.374 e. The van der Waals surface area contributed by atoms with Gasteiger partial charge in [0.2, 0.25) is 0 Å². The van der Waals surface area contributed by atoms with Gasteiger partial charge in [0.25, 0.3) is 10.1 Å². The van der Waals surface area contributed by atoms with Crippen molar-refractivity contribution < 1.29 is 36.3 Å². The smallest absolute Gasteiger partial charge is 0.264 e. The molecule has 0 unspecified atom stereocenters. The van der Waals surface area contributed by atoms with Crippen LogP contribution in [0.15, 0.2) is 91.0 Å². The summed E-state index contributed by atoms with van der Waals surface area (Å²) in [6.07, 6.45) is -3.29. The van der Waals surface area contributed by atoms with E-state index >= 15 is 0 Å². The van der Waals surface area contributed by atoms with E-state index in [1.165, 1.54) is 7.11 Å². The lowest BCUT2D eigenvalue weighted by atomic mass is 9.98. The van der Waals surface area contributed by atoms with Crippen molar-refractivity contribution in [1.82, 2.24) is 0 Å². The maximum Gasteiger partial charge on any atom is 0.264 e. The van der Waals surface area contributed by atoms with Crippen molar-refractivity contribution in [3.8, 4) is 0 Å². The van der Waals surface area contributed by atoms with Gasteiger partial charge in [-0.05, 0) is 16.7 Å². The SMILES string of the molecule is CO[C@@H]1O[C@H](COCc2ccccc2)[C@@H](OCc2ccccc2)[C@H](OCc2ccccc2)[C@@H]1OS(C)(=O)=O. The van der Waals surface area contributed by atoms with E-state index in [4.69, 9.17) is 27.9 Å². The molecule has 1 heterocycles. The van der Waals surface area contributed by atoms with Gasteiger partial charge in [-0.25, -0.2) is 0 Å². The lowest BCUT2D eigenvalue weighted by Gasteiger charge is -2.44. The predicted octanol–water partition coefficient (Wildman–Crippen LogP) is 4.09. The molecule has 5 atom stereocenters. The van der Waals surface area contributed by atoms with E-state index in [1.807, 2.05) is 91.0 Å². The quantitative estimate of drug-likeness (QED) is 0.299. The van der Waals surface area contributed by atoms with Gasteiger partial charge in [0, 0.05) is 7.11 Å². The molecule has 3 aromatic carbocycles. The van der Waals surface area contributed by atoms with Gasteiger partial charge in [0.1, 0.15) is 18.3 Å². The molecule has 9 heteroatoms. The minimum Gasteiger partial charge on any atom is -0.374 e. The number of rotatable bonds is 13. The summed E-state index contributed by atoms with van der Waals surface area (Å²) in [5.41, 5.74) is 2.89. The Bertz CT molecular complexity index is 1190. The highest BCUT2D eigenvalue weighted by atomic mass is 32.2. The van der Waals surface area contributed by atoms with Crippen LogP contribution in [0.3, 0.4) is 0 Å². The molecule has 1 aliphatic heterocycles. The number of methoxy groups -OCH3 is 1. The van der Waals surface area contributed by atoms with Crippen LogP contribution < -0.4 is 0 Å². The summed E-state index contributed by atoms with van der Waals surface area (Å²) in [4.78, 5) is 0. The zero-order chi connectivity index (χ0) is 26.8. The van der Waals surface area contributed by atoms with E-state index in [0.717, 1.165) is 22.9 Å². The van der Waals surface area contributed by atoms with Gasteiger partial charge >= 0.3 is 0 Å². The van der Waals surface area contributed by atoms with Gasteiger partial charge in [-0.3, -0.25) is 4.18 Å². The molecule has 1 aliphatic rings. The van der Waals surface area contributed by atoms with E-state index in [0.29, 0.717) is 6.61 Å². The highest BCUT2D eigenvalue weighted by molar-refractivity contribution is 7.86. The molecule has 0 bridgehead atoms. The fraction of sp³-hybridized carbons (Fsp3) is 0.379. The molecule has 4 rings (SSSR count). The second kappa shape index (κ2) is 14.0. The Balaban J connectivity index is 1.59. The molecule has 0 aromatic heterocycles. The topological polar surface area (TPSA) is 89.5 Å². The van der Waals surface area contributed by atoms with Crippen molar-refractivity contribution >= 4 is 10.1 Å². The van der Waals surface area contributed by atoms with Gasteiger partial charge in [-0.2, -0.15) is 8.42 Å². The first-order chi connectivity index (χ1) is 18.4. The second-order valence-electron chi connectivity index (χ2n) is 9.07. The van der Waals surface area contributed by atoms with Crippen LogP contribution in [0.1, 0.15) is 16.7 Å². The summed E-state index contributed by atoms with van der Waals surface area (Å²) in [5, 5.41) is 0. The second-order valence-corrected chi connectivity index (χ2v) is 10.7. The van der Waals surface area contributed by atoms with Crippen LogP contribution in [0.2, 0.25) is 0 Å². The Morgan fingerprint density at radius 2 is 1.16 bits per heavy atom. The molecule has 0 N–H and O–H groups in total. The molecule has 1 saturated heterocycles. The average Bonchev–Trinajstić information content (AvgIpc) is 2.93. The van der Waals surface area contributed by atoms with Crippen LogP contribution in [-0.4, -0.2) is 59.1 Å². The summed E-state index contributed by atoms with van der Waals surface area (Å²) >= 11 is 0. The van der Waals surface area contributed by atoms with E-state index in [2.05, 4.69) is 0 Å². The maximum absolute atomic E-state index is 12.2. The molecule has 204 valence electrons. The van der Waals surface area contributed by atoms with E-state index < -0.39 is 40.8 Å². The first-order valence-electron chi connectivity index (χ1n) is 12.4. The van der Waals surface area contributed by atoms with E-state index in [-0.39, 0.29) is 19.8 Å². The Morgan fingerprint density at radius 3 is 1.63 bits per heavy atom. The maximum atomic E-state index is 12.2. The third kappa shape index (κ3) is 8.44. The molecule has 8 nitrogen and oxygen atoms in total. The number of hydrogen-bond donors (Lipinski definition) is 0. The van der Waals surface area contributed by atoms with Crippen molar-refractivity contribution in [1.29, 1.82) is 0 Å². The summed E-state index contributed by atoms with van der Waals surface area (Å²) in [6.45, 7) is 1.03. The Hall–Kier alpha value is -2.63. The summed E-state index contributed by atoms with van der Waals surface area (Å²) < 4.78 is 60.3. The van der Waals surface area contributed by atoms with Crippen LogP contribution in [0, 0.1) is 0 Å². The molecule has 1 fully saturated rings. The molecular weight excluding hydrogens is 508 g/mol.